The summed E-state index contributed by atoms with van der Waals surface area (Å²) in [5, 5.41) is 0. The molecule has 2 amide bonds. The van der Waals surface area contributed by atoms with Crippen molar-refractivity contribution in [1.82, 2.24) is 9.80 Å². The zero-order chi connectivity index (χ0) is 12.1. The fraction of sp³-hybridized carbons (Fsp3) is 0.923. The Morgan fingerprint density at radius 3 is 2.44 bits per heavy atom. The van der Waals surface area contributed by atoms with Crippen LogP contribution >= 0.6 is 0 Å². The first kappa shape index (κ1) is 11.7. The maximum atomic E-state index is 12.1. The van der Waals surface area contributed by atoms with E-state index in [0.29, 0.717) is 16.9 Å². The van der Waals surface area contributed by atoms with Gasteiger partial charge in [0, 0.05) is 26.7 Å². The average Bonchev–Trinajstić information content (AvgIpc) is 2.33. The second-order valence-corrected chi connectivity index (χ2v) is 7.02. The molecule has 1 saturated heterocycles. The van der Waals surface area contributed by atoms with Gasteiger partial charge in [-0.1, -0.05) is 20.8 Å². The van der Waals surface area contributed by atoms with Crippen LogP contribution in [0.2, 0.25) is 0 Å². The lowest BCUT2D eigenvalue weighted by Crippen LogP contribution is -2.43. The van der Waals surface area contributed by atoms with Crippen LogP contribution in [0.3, 0.4) is 0 Å². The van der Waals surface area contributed by atoms with E-state index in [0.717, 1.165) is 13.0 Å². The molecule has 3 heteroatoms. The van der Waals surface area contributed by atoms with Gasteiger partial charge in [0.1, 0.15) is 0 Å². The molecule has 2 bridgehead atoms. The highest BCUT2D eigenvalue weighted by molar-refractivity contribution is 5.74. The van der Waals surface area contributed by atoms with Crippen molar-refractivity contribution in [1.29, 1.82) is 0 Å². The lowest BCUT2D eigenvalue weighted by atomic mass is 9.65. The van der Waals surface area contributed by atoms with E-state index < -0.39 is 0 Å². The molecule has 0 unspecified atom stereocenters. The minimum absolute atomic E-state index is 0.187. The van der Waals surface area contributed by atoms with Gasteiger partial charge in [0.25, 0.3) is 0 Å². The van der Waals surface area contributed by atoms with Crippen molar-refractivity contribution >= 4 is 6.03 Å². The molecule has 0 spiro atoms. The van der Waals surface area contributed by atoms with Gasteiger partial charge in [-0.05, 0) is 30.1 Å². The van der Waals surface area contributed by atoms with Gasteiger partial charge in [-0.2, -0.15) is 0 Å². The van der Waals surface area contributed by atoms with Gasteiger partial charge in [0.15, 0.2) is 0 Å². The van der Waals surface area contributed by atoms with Crippen molar-refractivity contribution in [2.45, 2.75) is 46.1 Å². The Balaban J connectivity index is 2.19. The molecule has 2 fully saturated rings. The smallest absolute Gasteiger partial charge is 0.319 e. The zero-order valence-electron chi connectivity index (χ0n) is 11.2. The Kier molecular flexibility index (Phi) is 2.48. The van der Waals surface area contributed by atoms with E-state index in [2.05, 4.69) is 25.7 Å². The maximum Gasteiger partial charge on any atom is 0.319 e. The van der Waals surface area contributed by atoms with E-state index in [9.17, 15) is 4.79 Å². The molecule has 1 heterocycles. The average molecular weight is 224 g/mol. The Morgan fingerprint density at radius 1 is 1.25 bits per heavy atom. The van der Waals surface area contributed by atoms with Gasteiger partial charge in [0.2, 0.25) is 0 Å². The highest BCUT2D eigenvalue weighted by Crippen LogP contribution is 2.52. The fourth-order valence-electron chi connectivity index (χ4n) is 3.94. The van der Waals surface area contributed by atoms with Crippen LogP contribution in [0.4, 0.5) is 4.79 Å². The van der Waals surface area contributed by atoms with Crippen LogP contribution < -0.4 is 0 Å². The van der Waals surface area contributed by atoms with E-state index >= 15 is 0 Å². The highest BCUT2D eigenvalue weighted by Gasteiger charge is 2.51. The van der Waals surface area contributed by atoms with Gasteiger partial charge in [-0.15, -0.1) is 0 Å². The van der Waals surface area contributed by atoms with Crippen molar-refractivity contribution in [3.63, 3.8) is 0 Å². The monoisotopic (exact) mass is 224 g/mol. The summed E-state index contributed by atoms with van der Waals surface area (Å²) in [4.78, 5) is 15.9. The number of amides is 2. The third-order valence-corrected chi connectivity index (χ3v) is 4.04. The molecule has 0 N–H and O–H groups in total. The van der Waals surface area contributed by atoms with Crippen LogP contribution in [-0.4, -0.2) is 42.5 Å². The first-order valence-electron chi connectivity index (χ1n) is 6.20. The number of rotatable bonds is 0. The molecule has 2 aliphatic rings. The van der Waals surface area contributed by atoms with Crippen molar-refractivity contribution in [3.8, 4) is 0 Å². The second kappa shape index (κ2) is 3.38. The molecule has 2 rings (SSSR count). The highest BCUT2D eigenvalue weighted by atomic mass is 16.2. The first-order chi connectivity index (χ1) is 7.22. The van der Waals surface area contributed by atoms with Crippen LogP contribution in [0.25, 0.3) is 0 Å². The fourth-order valence-corrected chi connectivity index (χ4v) is 3.94. The molecule has 0 radical (unpaired) electrons. The number of hydrogen-bond donors (Lipinski definition) is 0. The van der Waals surface area contributed by atoms with E-state index in [-0.39, 0.29) is 6.03 Å². The van der Waals surface area contributed by atoms with Crippen molar-refractivity contribution < 1.29 is 4.79 Å². The van der Waals surface area contributed by atoms with Gasteiger partial charge < -0.3 is 9.80 Å². The number of likely N-dealkylation sites (tertiary alicyclic amines) is 1. The number of fused-ring (bicyclic) bond motifs is 2. The topological polar surface area (TPSA) is 23.6 Å². The maximum absolute atomic E-state index is 12.1. The molecule has 92 valence electrons. The van der Waals surface area contributed by atoms with Crippen LogP contribution in [0, 0.1) is 10.8 Å². The Labute approximate surface area is 98.8 Å². The molecule has 1 aliphatic carbocycles. The lowest BCUT2D eigenvalue weighted by Gasteiger charge is -2.39. The summed E-state index contributed by atoms with van der Waals surface area (Å²) in [5.41, 5.74) is 0.733. The number of carbonyl (C=O) groups excluding carboxylic acids is 1. The van der Waals surface area contributed by atoms with Gasteiger partial charge in [-0.3, -0.25) is 0 Å². The van der Waals surface area contributed by atoms with Crippen molar-refractivity contribution in [2.24, 2.45) is 10.8 Å². The molecule has 1 aliphatic heterocycles. The third kappa shape index (κ3) is 1.92. The van der Waals surface area contributed by atoms with Gasteiger partial charge in [0.05, 0.1) is 0 Å². The number of urea groups is 1. The summed E-state index contributed by atoms with van der Waals surface area (Å²) in [6, 6.07) is 0.648. The van der Waals surface area contributed by atoms with Gasteiger partial charge in [-0.25, -0.2) is 4.79 Å². The Bertz CT molecular complexity index is 311. The minimum Gasteiger partial charge on any atom is -0.331 e. The molecule has 0 aromatic rings. The number of hydrogen-bond acceptors (Lipinski definition) is 1. The first-order valence-corrected chi connectivity index (χ1v) is 6.20. The second-order valence-electron chi connectivity index (χ2n) is 7.02. The molecule has 2 atom stereocenters. The van der Waals surface area contributed by atoms with Crippen LogP contribution in [0.15, 0.2) is 0 Å². The summed E-state index contributed by atoms with van der Waals surface area (Å²) in [7, 11) is 3.69. The molecule has 16 heavy (non-hydrogen) atoms. The lowest BCUT2D eigenvalue weighted by molar-refractivity contribution is 0.125. The molecule has 1 saturated carbocycles. The van der Waals surface area contributed by atoms with Crippen LogP contribution in [0.5, 0.6) is 0 Å². The molecule has 3 nitrogen and oxygen atoms in total. The summed E-state index contributed by atoms with van der Waals surface area (Å²) >= 11 is 0. The number of carbonyl (C=O) groups is 1. The quantitative estimate of drug-likeness (QED) is 0.620. The van der Waals surface area contributed by atoms with Gasteiger partial charge >= 0.3 is 6.03 Å². The number of nitrogens with zero attached hydrogens (tertiary/aromatic N) is 2. The van der Waals surface area contributed by atoms with Crippen molar-refractivity contribution in [2.75, 3.05) is 20.6 Å². The van der Waals surface area contributed by atoms with E-state index in [1.807, 2.05) is 14.1 Å². The minimum atomic E-state index is 0.187. The predicted octanol–water partition coefficient (Wildman–Crippen LogP) is 2.57. The standard InChI is InChI=1S/C13H24N2O/c1-12(2)6-10-7-13(3,8-12)9-15(10)11(16)14(4)5/h10H,6-9H2,1-5H3/t10-,13-/m1/s1. The van der Waals surface area contributed by atoms with E-state index in [4.69, 9.17) is 0 Å². The van der Waals surface area contributed by atoms with Crippen LogP contribution in [-0.2, 0) is 0 Å². The summed E-state index contributed by atoms with van der Waals surface area (Å²) in [6.07, 6.45) is 3.59. The summed E-state index contributed by atoms with van der Waals surface area (Å²) in [6.45, 7) is 7.95. The predicted molar refractivity (Wildman–Crippen MR) is 65.3 cm³/mol. The normalized spacial score (nSPS) is 36.3. The summed E-state index contributed by atoms with van der Waals surface area (Å²) < 4.78 is 0. The van der Waals surface area contributed by atoms with E-state index in [1.165, 1.54) is 12.8 Å². The zero-order valence-corrected chi connectivity index (χ0v) is 11.2. The summed E-state index contributed by atoms with van der Waals surface area (Å²) in [5.74, 6) is 0. The third-order valence-electron chi connectivity index (χ3n) is 4.04. The molecule has 0 aromatic carbocycles. The van der Waals surface area contributed by atoms with Crippen molar-refractivity contribution in [3.05, 3.63) is 0 Å². The van der Waals surface area contributed by atoms with E-state index in [1.54, 1.807) is 4.90 Å². The Hall–Kier alpha value is -0.730. The van der Waals surface area contributed by atoms with Crippen LogP contribution in [0.1, 0.15) is 40.0 Å². The molecular weight excluding hydrogens is 200 g/mol. The largest absolute Gasteiger partial charge is 0.331 e. The molecular formula is C13H24N2O. The Morgan fingerprint density at radius 2 is 1.88 bits per heavy atom. The SMILES string of the molecule is CN(C)C(=O)N1C[C@]2(C)C[C@H]1CC(C)(C)C2. The molecule has 0 aromatic heterocycles.